The number of carbonyl (C=O) groups is 1. The van der Waals surface area contributed by atoms with Gasteiger partial charge in [-0.15, -0.1) is 0 Å². The Hall–Kier alpha value is -3.65. The summed E-state index contributed by atoms with van der Waals surface area (Å²) in [7, 11) is 0. The van der Waals surface area contributed by atoms with E-state index in [1.165, 1.54) is 12.1 Å². The van der Waals surface area contributed by atoms with Crippen LogP contribution >= 0.6 is 11.6 Å². The molecular formula is C30H32ClN3O4. The minimum atomic E-state index is -0.829. The Kier molecular flexibility index (Phi) is 8.84. The lowest BCUT2D eigenvalue weighted by molar-refractivity contribution is -0.120. The molecule has 2 atom stereocenters. The molecule has 0 unspecified atom stereocenters. The monoisotopic (exact) mass is 533 g/mol. The Balaban J connectivity index is 1.30. The number of aromatic hydroxyl groups is 1. The number of rotatable bonds is 10. The molecule has 1 amide bonds. The molecule has 4 aromatic rings. The van der Waals surface area contributed by atoms with Gasteiger partial charge in [0.25, 0.3) is 0 Å². The zero-order valence-corrected chi connectivity index (χ0v) is 22.2. The zero-order chi connectivity index (χ0) is 27.2. The topological polar surface area (TPSA) is 114 Å². The molecule has 7 nitrogen and oxygen atoms in total. The van der Waals surface area contributed by atoms with Crippen LogP contribution in [0.5, 0.6) is 5.75 Å². The lowest BCUT2D eigenvalue weighted by Gasteiger charge is -2.19. The Morgan fingerprint density at radius 2 is 1.82 bits per heavy atom. The summed E-state index contributed by atoms with van der Waals surface area (Å²) in [4.78, 5) is 26.7. The molecule has 0 saturated carbocycles. The molecule has 0 bridgehead atoms. The zero-order valence-electron chi connectivity index (χ0n) is 21.4. The predicted molar refractivity (Wildman–Crippen MR) is 151 cm³/mol. The van der Waals surface area contributed by atoms with Crippen LogP contribution in [-0.4, -0.2) is 33.7 Å². The second-order valence-electron chi connectivity index (χ2n) is 9.67. The van der Waals surface area contributed by atoms with Gasteiger partial charge in [0.2, 0.25) is 11.5 Å². The normalized spacial score (nSPS) is 12.8. The molecule has 38 heavy (non-hydrogen) atoms. The third-order valence-corrected chi connectivity index (χ3v) is 6.96. The summed E-state index contributed by atoms with van der Waals surface area (Å²) in [5.74, 6) is -0.0984. The molecule has 0 fully saturated rings. The fourth-order valence-corrected chi connectivity index (χ4v) is 4.66. The van der Waals surface area contributed by atoms with Gasteiger partial charge in [0.1, 0.15) is 5.75 Å². The molecule has 0 saturated heterocycles. The van der Waals surface area contributed by atoms with Crippen LogP contribution in [0.3, 0.4) is 0 Å². The molecule has 198 valence electrons. The Labute approximate surface area is 226 Å². The fraction of sp³-hybridized carbons (Fsp3) is 0.267. The number of amides is 1. The second-order valence-corrected chi connectivity index (χ2v) is 10.1. The van der Waals surface area contributed by atoms with E-state index in [1.54, 1.807) is 12.1 Å². The van der Waals surface area contributed by atoms with Crippen LogP contribution in [-0.2, 0) is 24.2 Å². The first-order valence-corrected chi connectivity index (χ1v) is 12.9. The molecule has 8 heteroatoms. The van der Waals surface area contributed by atoms with E-state index in [0.29, 0.717) is 41.0 Å². The summed E-state index contributed by atoms with van der Waals surface area (Å²) in [6.07, 6.45) is 0.169. The van der Waals surface area contributed by atoms with Gasteiger partial charge in [0.15, 0.2) is 0 Å². The maximum atomic E-state index is 12.5. The summed E-state index contributed by atoms with van der Waals surface area (Å²) < 4.78 is 0. The maximum absolute atomic E-state index is 12.5. The highest BCUT2D eigenvalue weighted by Gasteiger charge is 2.15. The van der Waals surface area contributed by atoms with Gasteiger partial charge in [0.05, 0.1) is 18.0 Å². The molecule has 0 spiro atoms. The number of benzene rings is 3. The van der Waals surface area contributed by atoms with E-state index in [9.17, 15) is 19.8 Å². The molecular weight excluding hydrogens is 502 g/mol. The van der Waals surface area contributed by atoms with Crippen LogP contribution in [0.15, 0.2) is 71.5 Å². The number of phenolic OH excluding ortho intramolecular Hbond substituents is 1. The number of carbonyl (C=O) groups excluding carboxylic acids is 1. The van der Waals surface area contributed by atoms with Crippen molar-refractivity contribution in [1.29, 1.82) is 0 Å². The van der Waals surface area contributed by atoms with Crippen molar-refractivity contribution in [2.45, 2.75) is 45.4 Å². The Morgan fingerprint density at radius 1 is 1.03 bits per heavy atom. The highest BCUT2D eigenvalue weighted by Crippen LogP contribution is 2.28. The van der Waals surface area contributed by atoms with E-state index in [0.717, 1.165) is 22.3 Å². The molecule has 5 N–H and O–H groups in total. The van der Waals surface area contributed by atoms with Crippen molar-refractivity contribution in [2.24, 2.45) is 0 Å². The van der Waals surface area contributed by atoms with Crippen LogP contribution in [0.4, 0.5) is 0 Å². The molecule has 4 rings (SSSR count). The highest BCUT2D eigenvalue weighted by molar-refractivity contribution is 6.31. The van der Waals surface area contributed by atoms with E-state index in [4.69, 9.17) is 11.6 Å². The smallest absolute Gasteiger partial charge is 0.248 e. The summed E-state index contributed by atoms with van der Waals surface area (Å²) in [6.45, 7) is 4.70. The van der Waals surface area contributed by atoms with Crippen LogP contribution in [0.25, 0.3) is 10.9 Å². The van der Waals surface area contributed by atoms with Crippen molar-refractivity contribution in [3.63, 3.8) is 0 Å². The average Bonchev–Trinajstić information content (AvgIpc) is 2.88. The number of hydrogen-bond acceptors (Lipinski definition) is 5. The summed E-state index contributed by atoms with van der Waals surface area (Å²) in [5, 5.41) is 28.5. The first kappa shape index (κ1) is 27.4. The average molecular weight is 534 g/mol. The Morgan fingerprint density at radius 3 is 2.61 bits per heavy atom. The van der Waals surface area contributed by atoms with E-state index in [1.807, 2.05) is 56.3 Å². The number of fused-ring (bicyclic) bond motifs is 1. The van der Waals surface area contributed by atoms with Gasteiger partial charge in [-0.05, 0) is 66.3 Å². The SMILES string of the molecule is Cc1ccc(CNC(=O)Cc2cccc(C[C@@H](C)NC[C@H](O)c3ccc(O)c4[nH]c(=O)ccc34)c2)cc1Cl. The fourth-order valence-electron chi connectivity index (χ4n) is 4.46. The molecule has 1 aromatic heterocycles. The van der Waals surface area contributed by atoms with Gasteiger partial charge < -0.3 is 25.8 Å². The molecule has 0 aliphatic rings. The van der Waals surface area contributed by atoms with Crippen molar-refractivity contribution < 1.29 is 15.0 Å². The molecule has 0 aliphatic carbocycles. The second kappa shape index (κ2) is 12.3. The molecule has 0 radical (unpaired) electrons. The number of hydrogen-bond donors (Lipinski definition) is 5. The number of pyridine rings is 1. The third kappa shape index (κ3) is 7.01. The number of halogens is 1. The number of H-pyrrole nitrogens is 1. The van der Waals surface area contributed by atoms with E-state index < -0.39 is 6.10 Å². The summed E-state index contributed by atoms with van der Waals surface area (Å²) in [5.41, 5.74) is 4.59. The lowest BCUT2D eigenvalue weighted by atomic mass is 10.0. The van der Waals surface area contributed by atoms with Crippen LogP contribution in [0.1, 0.15) is 40.8 Å². The highest BCUT2D eigenvalue weighted by atomic mass is 35.5. The first-order valence-electron chi connectivity index (χ1n) is 12.6. The van der Waals surface area contributed by atoms with Gasteiger partial charge >= 0.3 is 0 Å². The predicted octanol–water partition coefficient (Wildman–Crippen LogP) is 4.31. The summed E-state index contributed by atoms with van der Waals surface area (Å²) in [6, 6.07) is 19.9. The molecule has 0 aliphatic heterocycles. The number of aryl methyl sites for hydroxylation is 1. The van der Waals surface area contributed by atoms with Gasteiger partial charge in [-0.3, -0.25) is 9.59 Å². The van der Waals surface area contributed by atoms with Crippen LogP contribution < -0.4 is 16.2 Å². The van der Waals surface area contributed by atoms with E-state index >= 15 is 0 Å². The van der Waals surface area contributed by atoms with Crippen molar-refractivity contribution in [3.8, 4) is 5.75 Å². The number of aliphatic hydroxyl groups excluding tert-OH is 1. The van der Waals surface area contributed by atoms with Crippen LogP contribution in [0.2, 0.25) is 5.02 Å². The number of aromatic nitrogens is 1. The van der Waals surface area contributed by atoms with Gasteiger partial charge in [0, 0.05) is 35.6 Å². The van der Waals surface area contributed by atoms with Gasteiger partial charge in [-0.2, -0.15) is 0 Å². The van der Waals surface area contributed by atoms with Gasteiger partial charge in [-0.1, -0.05) is 54.1 Å². The van der Waals surface area contributed by atoms with Crippen molar-refractivity contribution in [1.82, 2.24) is 15.6 Å². The minimum Gasteiger partial charge on any atom is -0.506 e. The standard InChI is InChI=1S/C30H32ClN3O4/c1-18-6-7-22(14-25(18)31)16-33-29(38)15-21-5-3-4-20(13-21)12-19(2)32-17-27(36)23-8-10-26(35)30-24(23)9-11-28(37)34-30/h3-11,13-14,19,27,32,35-36H,12,15-17H2,1-2H3,(H,33,38)(H,34,37)/t19-,27+/m1/s1. The molecule has 1 heterocycles. The third-order valence-electron chi connectivity index (χ3n) is 6.55. The number of aliphatic hydroxyl groups is 1. The number of phenols is 1. The largest absolute Gasteiger partial charge is 0.506 e. The number of nitrogens with one attached hydrogen (secondary N) is 3. The summed E-state index contributed by atoms with van der Waals surface area (Å²) >= 11 is 6.17. The maximum Gasteiger partial charge on any atom is 0.248 e. The van der Waals surface area contributed by atoms with Crippen molar-refractivity contribution >= 4 is 28.4 Å². The van der Waals surface area contributed by atoms with Crippen molar-refractivity contribution in [2.75, 3.05) is 6.54 Å². The lowest BCUT2D eigenvalue weighted by Crippen LogP contribution is -2.32. The number of aromatic amines is 1. The first-order chi connectivity index (χ1) is 18.2. The minimum absolute atomic E-state index is 0.0388. The van der Waals surface area contributed by atoms with E-state index in [2.05, 4.69) is 15.6 Å². The Bertz CT molecular complexity index is 1500. The van der Waals surface area contributed by atoms with Crippen LogP contribution in [0, 0.1) is 6.92 Å². The molecule has 3 aromatic carbocycles. The van der Waals surface area contributed by atoms with E-state index in [-0.39, 0.29) is 29.7 Å². The van der Waals surface area contributed by atoms with Crippen molar-refractivity contribution in [3.05, 3.63) is 110 Å². The van der Waals surface area contributed by atoms with Gasteiger partial charge in [-0.25, -0.2) is 0 Å². The quantitative estimate of drug-likeness (QED) is 0.208.